The van der Waals surface area contributed by atoms with Crippen LogP contribution in [0.1, 0.15) is 25.8 Å². The number of ether oxygens (including phenoxy) is 2. The van der Waals surface area contributed by atoms with Gasteiger partial charge in [-0.05, 0) is 70.3 Å². The first kappa shape index (κ1) is 20.3. The highest BCUT2D eigenvalue weighted by atomic mass is 79.9. The molecule has 0 spiro atoms. The van der Waals surface area contributed by atoms with Crippen molar-refractivity contribution in [3.05, 3.63) is 32.2 Å². The van der Waals surface area contributed by atoms with Crippen LogP contribution in [-0.4, -0.2) is 25.5 Å². The molecule has 0 aliphatic rings. The first-order valence-electron chi connectivity index (χ1n) is 7.10. The number of halogens is 3. The molecule has 0 unspecified atom stereocenters. The maximum absolute atomic E-state index is 6.27. The molecule has 4 nitrogen and oxygen atoms in total. The molecule has 0 radical (unpaired) electrons. The molecule has 0 amide bonds. The Bertz CT molecular complexity index is 545. The number of rotatable bonds is 9. The fourth-order valence-corrected chi connectivity index (χ4v) is 2.21. The van der Waals surface area contributed by atoms with E-state index in [-0.39, 0.29) is 0 Å². The quantitative estimate of drug-likeness (QED) is 0.259. The van der Waals surface area contributed by atoms with Crippen molar-refractivity contribution in [2.45, 2.75) is 27.2 Å². The van der Waals surface area contributed by atoms with E-state index >= 15 is 0 Å². The second-order valence-electron chi connectivity index (χ2n) is 4.93. The van der Waals surface area contributed by atoms with Gasteiger partial charge in [-0.25, -0.2) is 0 Å². The highest BCUT2D eigenvalue weighted by Crippen LogP contribution is 2.33. The van der Waals surface area contributed by atoms with E-state index in [2.05, 4.69) is 37.0 Å². The van der Waals surface area contributed by atoms with Gasteiger partial charge in [0, 0.05) is 12.5 Å². The molecule has 1 rings (SSSR count). The average Bonchev–Trinajstić information content (AvgIpc) is 2.44. The molecule has 0 fully saturated rings. The van der Waals surface area contributed by atoms with E-state index in [4.69, 9.17) is 25.9 Å². The van der Waals surface area contributed by atoms with Gasteiger partial charge in [-0.3, -0.25) is 0 Å². The summed E-state index contributed by atoms with van der Waals surface area (Å²) in [5, 5.41) is 4.40. The highest BCUT2D eigenvalue weighted by molar-refractivity contribution is 9.28. The zero-order chi connectivity index (χ0) is 17.2. The largest absolute Gasteiger partial charge is 0.492 e. The maximum Gasteiger partial charge on any atom is 0.141 e. The summed E-state index contributed by atoms with van der Waals surface area (Å²) in [7, 11) is 0. The molecular weight excluding hydrogens is 449 g/mol. The Balaban J connectivity index is 2.50. The lowest BCUT2D eigenvalue weighted by Crippen LogP contribution is -2.03. The molecule has 7 heteroatoms. The SMILES string of the molecule is CC(C)=NOCCCOc1c(C)cc(OCC=C(Br)Br)cc1Cl. The van der Waals surface area contributed by atoms with Crippen LogP contribution < -0.4 is 9.47 Å². The van der Waals surface area contributed by atoms with Crippen molar-refractivity contribution >= 4 is 49.2 Å². The molecule has 0 atom stereocenters. The van der Waals surface area contributed by atoms with Crippen LogP contribution in [0, 0.1) is 6.92 Å². The van der Waals surface area contributed by atoms with Crippen molar-refractivity contribution in [3.8, 4) is 11.5 Å². The summed E-state index contributed by atoms with van der Waals surface area (Å²) in [4.78, 5) is 5.12. The van der Waals surface area contributed by atoms with E-state index in [9.17, 15) is 0 Å². The van der Waals surface area contributed by atoms with Gasteiger partial charge in [-0.1, -0.05) is 16.8 Å². The van der Waals surface area contributed by atoms with Crippen LogP contribution in [0.2, 0.25) is 5.02 Å². The Morgan fingerprint density at radius 3 is 2.57 bits per heavy atom. The molecule has 0 N–H and O–H groups in total. The second kappa shape index (κ2) is 10.9. The zero-order valence-electron chi connectivity index (χ0n) is 13.4. The Morgan fingerprint density at radius 1 is 1.22 bits per heavy atom. The molecule has 0 aromatic heterocycles. The van der Waals surface area contributed by atoms with Crippen LogP contribution in [0.5, 0.6) is 11.5 Å². The van der Waals surface area contributed by atoms with Crippen LogP contribution in [0.15, 0.2) is 26.8 Å². The van der Waals surface area contributed by atoms with Crippen LogP contribution in [0.4, 0.5) is 0 Å². The second-order valence-corrected chi connectivity index (χ2v) is 8.11. The van der Waals surface area contributed by atoms with Crippen molar-refractivity contribution < 1.29 is 14.3 Å². The van der Waals surface area contributed by atoms with Gasteiger partial charge in [-0.2, -0.15) is 0 Å². The standard InChI is InChI=1S/C16H20Br2ClNO3/c1-11(2)20-23-7-4-6-22-16-12(3)9-13(10-14(16)19)21-8-5-15(17)18/h5,9-10H,4,6-8H2,1-3H3. The number of benzene rings is 1. The summed E-state index contributed by atoms with van der Waals surface area (Å²) in [6.07, 6.45) is 2.59. The van der Waals surface area contributed by atoms with Crippen LogP contribution >= 0.6 is 43.5 Å². The molecule has 1 aromatic carbocycles. The van der Waals surface area contributed by atoms with Gasteiger partial charge in [0.25, 0.3) is 0 Å². The fourth-order valence-electron chi connectivity index (χ4n) is 1.64. The molecule has 0 heterocycles. The first-order chi connectivity index (χ1) is 10.9. The molecule has 0 saturated carbocycles. The highest BCUT2D eigenvalue weighted by Gasteiger charge is 2.09. The summed E-state index contributed by atoms with van der Waals surface area (Å²) in [5.41, 5.74) is 1.82. The Kier molecular flexibility index (Phi) is 9.67. The molecule has 128 valence electrons. The van der Waals surface area contributed by atoms with Crippen molar-refractivity contribution in [3.63, 3.8) is 0 Å². The molecule has 0 saturated heterocycles. The monoisotopic (exact) mass is 467 g/mol. The van der Waals surface area contributed by atoms with Gasteiger partial charge in [0.2, 0.25) is 0 Å². The Morgan fingerprint density at radius 2 is 1.96 bits per heavy atom. The third-order valence-electron chi connectivity index (χ3n) is 2.56. The summed E-state index contributed by atoms with van der Waals surface area (Å²) in [6, 6.07) is 3.65. The number of hydrogen-bond acceptors (Lipinski definition) is 4. The van der Waals surface area contributed by atoms with Crippen molar-refractivity contribution in [1.29, 1.82) is 0 Å². The predicted molar refractivity (Wildman–Crippen MR) is 102 cm³/mol. The number of oxime groups is 1. The van der Waals surface area contributed by atoms with E-state index in [0.717, 1.165) is 21.1 Å². The Labute approximate surface area is 159 Å². The molecular formula is C16H20Br2ClNO3. The Hall–Kier alpha value is -0.720. The molecule has 0 aliphatic heterocycles. The van der Waals surface area contributed by atoms with Crippen molar-refractivity contribution in [2.75, 3.05) is 19.8 Å². The number of nitrogens with zero attached hydrogens (tertiary/aromatic N) is 1. The van der Waals surface area contributed by atoms with E-state index in [1.54, 1.807) is 6.07 Å². The minimum atomic E-state index is 0.441. The van der Waals surface area contributed by atoms with E-state index < -0.39 is 0 Å². The van der Waals surface area contributed by atoms with Crippen molar-refractivity contribution in [2.24, 2.45) is 5.16 Å². The normalized spacial score (nSPS) is 10.0. The zero-order valence-corrected chi connectivity index (χ0v) is 17.3. The van der Waals surface area contributed by atoms with Crippen molar-refractivity contribution in [1.82, 2.24) is 0 Å². The molecule has 0 aliphatic carbocycles. The third kappa shape index (κ3) is 8.63. The van der Waals surface area contributed by atoms with Crippen LogP contribution in [0.25, 0.3) is 0 Å². The van der Waals surface area contributed by atoms with Gasteiger partial charge in [0.1, 0.15) is 24.7 Å². The minimum Gasteiger partial charge on any atom is -0.492 e. The van der Waals surface area contributed by atoms with Crippen LogP contribution in [-0.2, 0) is 4.84 Å². The third-order valence-corrected chi connectivity index (χ3v) is 3.49. The minimum absolute atomic E-state index is 0.441. The van der Waals surface area contributed by atoms with E-state index in [1.165, 1.54) is 0 Å². The molecule has 0 bridgehead atoms. The first-order valence-corrected chi connectivity index (χ1v) is 9.06. The van der Waals surface area contributed by atoms with Gasteiger partial charge in [0.05, 0.1) is 20.7 Å². The maximum atomic E-state index is 6.27. The average molecular weight is 470 g/mol. The summed E-state index contributed by atoms with van der Waals surface area (Å²) >= 11 is 12.8. The van der Waals surface area contributed by atoms with E-state index in [0.29, 0.717) is 36.3 Å². The van der Waals surface area contributed by atoms with Gasteiger partial charge in [-0.15, -0.1) is 0 Å². The number of hydrogen-bond donors (Lipinski definition) is 0. The number of aryl methyl sites for hydroxylation is 1. The smallest absolute Gasteiger partial charge is 0.141 e. The van der Waals surface area contributed by atoms with Gasteiger partial charge >= 0.3 is 0 Å². The van der Waals surface area contributed by atoms with E-state index in [1.807, 2.05) is 32.9 Å². The van der Waals surface area contributed by atoms with Gasteiger partial charge in [0.15, 0.2) is 0 Å². The van der Waals surface area contributed by atoms with Crippen LogP contribution in [0.3, 0.4) is 0 Å². The molecule has 23 heavy (non-hydrogen) atoms. The lowest BCUT2D eigenvalue weighted by Gasteiger charge is -2.13. The lowest BCUT2D eigenvalue weighted by molar-refractivity contribution is 0.127. The summed E-state index contributed by atoms with van der Waals surface area (Å²) in [6.45, 7) is 7.17. The molecule has 1 aromatic rings. The lowest BCUT2D eigenvalue weighted by atomic mass is 10.2. The summed E-state index contributed by atoms with van der Waals surface area (Å²) in [5.74, 6) is 1.37. The fraction of sp³-hybridized carbons (Fsp3) is 0.438. The predicted octanol–water partition coefficient (Wildman–Crippen LogP) is 5.84. The van der Waals surface area contributed by atoms with Gasteiger partial charge < -0.3 is 14.3 Å². The summed E-state index contributed by atoms with van der Waals surface area (Å²) < 4.78 is 12.2. The topological polar surface area (TPSA) is 40.0 Å².